The predicted octanol–water partition coefficient (Wildman–Crippen LogP) is 6.49. The first-order valence-electron chi connectivity index (χ1n) is 19.7. The molecule has 13 heteroatoms. The van der Waals surface area contributed by atoms with Gasteiger partial charge >= 0.3 is 24.0 Å². The van der Waals surface area contributed by atoms with Crippen molar-refractivity contribution in [1.29, 1.82) is 0 Å². The van der Waals surface area contributed by atoms with Crippen LogP contribution in [0.3, 0.4) is 0 Å². The van der Waals surface area contributed by atoms with E-state index in [0.29, 0.717) is 37.9 Å². The Morgan fingerprint density at radius 3 is 2.04 bits per heavy atom. The maximum Gasteiger partial charge on any atom is 0.407 e. The van der Waals surface area contributed by atoms with Crippen LogP contribution in [-0.2, 0) is 38.1 Å². The topological polar surface area (TPSA) is 170 Å². The third-order valence-corrected chi connectivity index (χ3v) is 11.1. The van der Waals surface area contributed by atoms with Crippen LogP contribution in [0.1, 0.15) is 142 Å². The Bertz CT molecular complexity index is 1330. The Morgan fingerprint density at radius 1 is 0.909 bits per heavy atom. The molecule has 0 aromatic carbocycles. The number of aliphatic hydroxyl groups excluding tert-OH is 1. The van der Waals surface area contributed by atoms with Gasteiger partial charge in [-0.05, 0) is 91.4 Å². The smallest absolute Gasteiger partial charge is 0.407 e. The number of carbonyl (C=O) groups excluding carboxylic acids is 5. The Kier molecular flexibility index (Phi) is 18.4. The summed E-state index contributed by atoms with van der Waals surface area (Å²) in [5.41, 5.74) is -2.50. The van der Waals surface area contributed by atoms with Crippen LogP contribution in [-0.4, -0.2) is 103 Å². The van der Waals surface area contributed by atoms with Gasteiger partial charge in [0.15, 0.2) is 0 Å². The molecule has 13 nitrogen and oxygen atoms in total. The first kappa shape index (κ1) is 49.8. The van der Waals surface area contributed by atoms with Crippen LogP contribution in [0.15, 0.2) is 12.2 Å². The molecule has 1 saturated carbocycles. The minimum absolute atomic E-state index is 0.0479. The van der Waals surface area contributed by atoms with Crippen LogP contribution < -0.4 is 10.6 Å². The summed E-state index contributed by atoms with van der Waals surface area (Å²) in [5.74, 6) is -1.34. The third-order valence-electron chi connectivity index (χ3n) is 11.1. The van der Waals surface area contributed by atoms with Crippen LogP contribution in [0, 0.1) is 21.7 Å². The lowest BCUT2D eigenvalue weighted by molar-refractivity contribution is -0.171. The van der Waals surface area contributed by atoms with Gasteiger partial charge < -0.3 is 34.7 Å². The summed E-state index contributed by atoms with van der Waals surface area (Å²) in [5, 5.41) is 15.8. The number of ether oxygens (including phenoxy) is 4. The molecule has 318 valence electrons. The van der Waals surface area contributed by atoms with E-state index in [4.69, 9.17) is 18.9 Å². The molecule has 0 aliphatic heterocycles. The van der Waals surface area contributed by atoms with Gasteiger partial charge in [0.05, 0.1) is 19.8 Å². The molecule has 3 atom stereocenters. The van der Waals surface area contributed by atoms with E-state index >= 15 is 0 Å². The molecule has 1 fully saturated rings. The lowest BCUT2D eigenvalue weighted by Gasteiger charge is -2.47. The summed E-state index contributed by atoms with van der Waals surface area (Å²) in [4.78, 5) is 65.0. The molecule has 1 aliphatic rings. The quantitative estimate of drug-likeness (QED) is 0.0504. The minimum atomic E-state index is -0.838. The lowest BCUT2D eigenvalue weighted by atomic mass is 9.62. The van der Waals surface area contributed by atoms with Gasteiger partial charge in [0.1, 0.15) is 18.3 Å². The van der Waals surface area contributed by atoms with Crippen molar-refractivity contribution in [2.24, 2.45) is 21.7 Å². The standard InChI is InChI=1S/C42H75N3O10/c1-29(2)35(50)52-21-20-45(37(4,5)6)24-32(47)44-31-22-38(7,8)25-42(15,23-31)26-43-36(51)54-30(3)39(9,10)28-53-33(48)18-16-17-19-34(49)55-41(13,14)40(11,12)27-46/h30-31,46H,1,16-28H2,2-15H3,(H,43,51)(H,44,47). The van der Waals surface area contributed by atoms with E-state index in [1.165, 1.54) is 0 Å². The van der Waals surface area contributed by atoms with E-state index in [1.54, 1.807) is 27.7 Å². The number of carbonyl (C=O) groups is 5. The lowest BCUT2D eigenvalue weighted by Crippen LogP contribution is -2.54. The molecular weight excluding hydrogens is 706 g/mol. The van der Waals surface area contributed by atoms with Gasteiger partial charge in [0.25, 0.3) is 0 Å². The summed E-state index contributed by atoms with van der Waals surface area (Å²) in [6, 6.07) is -0.0973. The highest BCUT2D eigenvalue weighted by molar-refractivity contribution is 5.86. The van der Waals surface area contributed by atoms with Crippen LogP contribution >= 0.6 is 0 Å². The van der Waals surface area contributed by atoms with Crippen LogP contribution in [0.5, 0.6) is 0 Å². The van der Waals surface area contributed by atoms with Gasteiger partial charge in [0, 0.05) is 53.9 Å². The number of alkyl carbamates (subject to hydrolysis) is 1. The summed E-state index contributed by atoms with van der Waals surface area (Å²) >= 11 is 0. The number of aliphatic hydroxyl groups is 1. The normalized spacial score (nSPS) is 19.5. The number of hydrogen-bond acceptors (Lipinski definition) is 11. The predicted molar refractivity (Wildman–Crippen MR) is 213 cm³/mol. The van der Waals surface area contributed by atoms with Crippen molar-refractivity contribution in [3.05, 3.63) is 12.2 Å². The van der Waals surface area contributed by atoms with Gasteiger partial charge in [-0.15, -0.1) is 0 Å². The van der Waals surface area contributed by atoms with Crippen molar-refractivity contribution >= 4 is 29.9 Å². The molecule has 1 aliphatic carbocycles. The number of esters is 3. The average Bonchev–Trinajstić information content (AvgIpc) is 3.02. The highest BCUT2D eigenvalue weighted by Gasteiger charge is 2.43. The third kappa shape index (κ3) is 17.7. The zero-order valence-electron chi connectivity index (χ0n) is 36.6. The molecule has 2 amide bonds. The Balaban J connectivity index is 2.62. The highest BCUT2D eigenvalue weighted by Crippen LogP contribution is 2.46. The van der Waals surface area contributed by atoms with Crippen molar-refractivity contribution in [3.63, 3.8) is 0 Å². The number of amides is 2. The largest absolute Gasteiger partial charge is 0.465 e. The molecule has 0 heterocycles. The summed E-state index contributed by atoms with van der Waals surface area (Å²) in [6.45, 7) is 31.3. The Labute approximate surface area is 331 Å². The summed E-state index contributed by atoms with van der Waals surface area (Å²) in [6.07, 6.45) is 2.38. The van der Waals surface area contributed by atoms with Gasteiger partial charge in [-0.1, -0.05) is 55.0 Å². The number of unbranched alkanes of at least 4 members (excludes halogenated alkanes) is 1. The van der Waals surface area contributed by atoms with Gasteiger partial charge in [-0.25, -0.2) is 9.59 Å². The molecule has 0 aromatic heterocycles. The van der Waals surface area contributed by atoms with Crippen molar-refractivity contribution in [2.45, 2.75) is 165 Å². The van der Waals surface area contributed by atoms with Crippen molar-refractivity contribution in [2.75, 3.05) is 39.5 Å². The fourth-order valence-corrected chi connectivity index (χ4v) is 6.65. The minimum Gasteiger partial charge on any atom is -0.465 e. The second-order valence-electron chi connectivity index (χ2n) is 19.6. The van der Waals surface area contributed by atoms with Crippen LogP contribution in [0.25, 0.3) is 0 Å². The number of nitrogens with zero attached hydrogens (tertiary/aromatic N) is 1. The SMILES string of the molecule is C=C(C)C(=O)OCCN(CC(=O)NC1CC(C)(C)CC(C)(CNC(=O)OC(C)C(C)(C)COC(=O)CCCCC(=O)OC(C)(C)C(C)(C)CO)C1)C(C)(C)C. The maximum absolute atomic E-state index is 13.3. The first-order valence-corrected chi connectivity index (χ1v) is 19.7. The molecule has 0 saturated heterocycles. The highest BCUT2D eigenvalue weighted by atomic mass is 16.6. The van der Waals surface area contributed by atoms with E-state index in [9.17, 15) is 29.1 Å². The molecule has 0 aromatic rings. The molecule has 55 heavy (non-hydrogen) atoms. The Morgan fingerprint density at radius 2 is 1.49 bits per heavy atom. The van der Waals surface area contributed by atoms with E-state index < -0.39 is 40.6 Å². The van der Waals surface area contributed by atoms with E-state index in [-0.39, 0.29) is 73.5 Å². The van der Waals surface area contributed by atoms with Crippen molar-refractivity contribution in [3.8, 4) is 0 Å². The zero-order chi connectivity index (χ0) is 42.6. The van der Waals surface area contributed by atoms with Crippen LogP contribution in [0.4, 0.5) is 4.79 Å². The van der Waals surface area contributed by atoms with Crippen LogP contribution in [0.2, 0.25) is 0 Å². The van der Waals surface area contributed by atoms with Gasteiger partial charge in [0.2, 0.25) is 5.91 Å². The molecular formula is C42H75N3O10. The molecule has 1 rings (SSSR count). The Hall–Kier alpha value is -3.19. The fraction of sp³-hybridized carbons (Fsp3) is 0.833. The monoisotopic (exact) mass is 782 g/mol. The molecule has 3 N–H and O–H groups in total. The van der Waals surface area contributed by atoms with Gasteiger partial charge in [-0.2, -0.15) is 0 Å². The molecule has 3 unspecified atom stereocenters. The summed E-state index contributed by atoms with van der Waals surface area (Å²) < 4.78 is 22.1. The summed E-state index contributed by atoms with van der Waals surface area (Å²) in [7, 11) is 0. The maximum atomic E-state index is 13.3. The zero-order valence-corrected chi connectivity index (χ0v) is 36.6. The molecule has 0 spiro atoms. The second-order valence-corrected chi connectivity index (χ2v) is 19.6. The number of hydrogen-bond donors (Lipinski definition) is 3. The second kappa shape index (κ2) is 20.3. The molecule has 0 bridgehead atoms. The van der Waals surface area contributed by atoms with E-state index in [0.717, 1.165) is 12.8 Å². The van der Waals surface area contributed by atoms with Crippen molar-refractivity contribution in [1.82, 2.24) is 15.5 Å². The molecule has 0 radical (unpaired) electrons. The average molecular weight is 782 g/mol. The van der Waals surface area contributed by atoms with Gasteiger partial charge in [-0.3, -0.25) is 19.3 Å². The number of rotatable bonds is 21. The first-order chi connectivity index (χ1) is 24.9. The van der Waals surface area contributed by atoms with Crippen molar-refractivity contribution < 1.29 is 48.0 Å². The van der Waals surface area contributed by atoms with E-state index in [1.807, 2.05) is 53.4 Å². The number of nitrogens with one attached hydrogen (secondary N) is 2. The van der Waals surface area contributed by atoms with E-state index in [2.05, 4.69) is 38.0 Å². The fourth-order valence-electron chi connectivity index (χ4n) is 6.65.